The molecule has 1 heterocycles. The summed E-state index contributed by atoms with van der Waals surface area (Å²) >= 11 is 0. The lowest BCUT2D eigenvalue weighted by Crippen LogP contribution is -2.38. The van der Waals surface area contributed by atoms with Gasteiger partial charge < -0.3 is 9.80 Å². The highest BCUT2D eigenvalue weighted by atomic mass is 16.2. The van der Waals surface area contributed by atoms with Gasteiger partial charge in [0.1, 0.15) is 0 Å². The van der Waals surface area contributed by atoms with Crippen LogP contribution in [0.15, 0.2) is 11.8 Å². The number of nitrogens with zero attached hydrogens (tertiary/aromatic N) is 2. The quantitative estimate of drug-likeness (QED) is 0.471. The van der Waals surface area contributed by atoms with Gasteiger partial charge in [-0.3, -0.25) is 4.79 Å². The SMILES string of the molecule is C/C=C(\C)N(CCN1CCCCC1)C(C)=O.CC.CC.CC.CCCCC. The Morgan fingerprint density at radius 1 is 0.889 bits per heavy atom. The number of allylic oxidation sites excluding steroid dienone is 2. The summed E-state index contributed by atoms with van der Waals surface area (Å²) in [6, 6.07) is 0. The van der Waals surface area contributed by atoms with Crippen LogP contribution in [-0.2, 0) is 4.79 Å². The highest BCUT2D eigenvalue weighted by molar-refractivity contribution is 5.75. The first-order valence-corrected chi connectivity index (χ1v) is 11.7. The maximum absolute atomic E-state index is 11.5. The summed E-state index contributed by atoms with van der Waals surface area (Å²) in [6.45, 7) is 26.3. The van der Waals surface area contributed by atoms with Gasteiger partial charge in [-0.25, -0.2) is 0 Å². The Hall–Kier alpha value is -0.830. The molecule has 0 atom stereocenters. The molecule has 0 saturated carbocycles. The number of carbonyl (C=O) groups excluding carboxylic acids is 1. The third-order valence-electron chi connectivity index (χ3n) is 4.02. The zero-order valence-corrected chi connectivity index (χ0v) is 21.0. The van der Waals surface area contributed by atoms with E-state index in [4.69, 9.17) is 0 Å². The van der Waals surface area contributed by atoms with Crippen LogP contribution in [0.25, 0.3) is 0 Å². The lowest BCUT2D eigenvalue weighted by molar-refractivity contribution is -0.127. The second kappa shape index (κ2) is 29.9. The molecule has 1 aliphatic heterocycles. The van der Waals surface area contributed by atoms with Gasteiger partial charge in [0.05, 0.1) is 0 Å². The maximum atomic E-state index is 11.5. The molecule has 0 spiro atoms. The molecule has 1 aliphatic rings. The second-order valence-corrected chi connectivity index (χ2v) is 5.86. The third kappa shape index (κ3) is 23.1. The fourth-order valence-electron chi connectivity index (χ4n) is 2.52. The zero-order valence-electron chi connectivity index (χ0n) is 21.0. The van der Waals surface area contributed by atoms with Crippen LogP contribution in [-0.4, -0.2) is 41.9 Å². The third-order valence-corrected chi connectivity index (χ3v) is 4.02. The molecule has 3 heteroatoms. The van der Waals surface area contributed by atoms with Crippen molar-refractivity contribution in [1.82, 2.24) is 9.80 Å². The van der Waals surface area contributed by atoms with Gasteiger partial charge in [-0.2, -0.15) is 0 Å². The topological polar surface area (TPSA) is 23.6 Å². The van der Waals surface area contributed by atoms with Crippen LogP contribution in [0.4, 0.5) is 0 Å². The summed E-state index contributed by atoms with van der Waals surface area (Å²) < 4.78 is 0. The van der Waals surface area contributed by atoms with Crippen LogP contribution in [0.1, 0.15) is 115 Å². The zero-order chi connectivity index (χ0) is 22.1. The lowest BCUT2D eigenvalue weighted by Gasteiger charge is -2.29. The standard InChI is InChI=1S/C13H24N2O.C5H12.3C2H6/c1-4-12(2)15(13(3)16)11-10-14-8-6-5-7-9-14;1-3-5-4-2;3*1-2/h4H,5-11H2,1-3H3;3-5H2,1-2H3;3*1-2H3/b12-4+;;;;. The number of rotatable bonds is 6. The number of hydrogen-bond donors (Lipinski definition) is 0. The van der Waals surface area contributed by atoms with Crippen LogP contribution in [0, 0.1) is 0 Å². The number of piperidine rings is 1. The fraction of sp³-hybridized carbons (Fsp3) is 0.875. The van der Waals surface area contributed by atoms with Gasteiger partial charge in [-0.1, -0.05) is 87.1 Å². The molecule has 0 radical (unpaired) electrons. The monoisotopic (exact) mass is 386 g/mol. The molecule has 0 unspecified atom stereocenters. The molecule has 0 aromatic carbocycles. The van der Waals surface area contributed by atoms with Gasteiger partial charge in [0.25, 0.3) is 0 Å². The summed E-state index contributed by atoms with van der Waals surface area (Å²) in [5, 5.41) is 0. The molecule has 3 nitrogen and oxygen atoms in total. The smallest absolute Gasteiger partial charge is 0.223 e. The van der Waals surface area contributed by atoms with E-state index in [1.807, 2.05) is 66.4 Å². The Labute approximate surface area is 173 Å². The van der Waals surface area contributed by atoms with Gasteiger partial charge in [0.15, 0.2) is 0 Å². The van der Waals surface area contributed by atoms with Crippen molar-refractivity contribution in [3.05, 3.63) is 11.8 Å². The van der Waals surface area contributed by atoms with Crippen LogP contribution < -0.4 is 0 Å². The van der Waals surface area contributed by atoms with Crippen LogP contribution in [0.2, 0.25) is 0 Å². The summed E-state index contributed by atoms with van der Waals surface area (Å²) in [5.74, 6) is 0.146. The first kappa shape index (κ1) is 33.7. The number of amides is 1. The normalized spacial score (nSPS) is 13.2. The Balaban J connectivity index is -0.000000202. The van der Waals surface area contributed by atoms with E-state index >= 15 is 0 Å². The summed E-state index contributed by atoms with van der Waals surface area (Å²) in [5.41, 5.74) is 1.06. The predicted molar refractivity (Wildman–Crippen MR) is 126 cm³/mol. The van der Waals surface area contributed by atoms with Gasteiger partial charge in [0, 0.05) is 25.7 Å². The average molecular weight is 387 g/mol. The molecule has 1 amide bonds. The predicted octanol–water partition coefficient (Wildman–Crippen LogP) is 7.52. The van der Waals surface area contributed by atoms with Crippen molar-refractivity contribution in [1.29, 1.82) is 0 Å². The maximum Gasteiger partial charge on any atom is 0.223 e. The van der Waals surface area contributed by atoms with Crippen molar-refractivity contribution < 1.29 is 4.79 Å². The first-order chi connectivity index (χ1) is 13.1. The largest absolute Gasteiger partial charge is 0.316 e. The Kier molecular flexibility index (Phi) is 37.4. The van der Waals surface area contributed by atoms with E-state index in [0.29, 0.717) is 0 Å². The highest BCUT2D eigenvalue weighted by Crippen LogP contribution is 2.10. The van der Waals surface area contributed by atoms with Gasteiger partial charge in [-0.15, -0.1) is 0 Å². The van der Waals surface area contributed by atoms with Crippen molar-refractivity contribution in [3.8, 4) is 0 Å². The van der Waals surface area contributed by atoms with Gasteiger partial charge in [0.2, 0.25) is 5.91 Å². The van der Waals surface area contributed by atoms with E-state index in [2.05, 4.69) is 18.7 Å². The molecular formula is C24H54N2O. The van der Waals surface area contributed by atoms with Crippen LogP contribution in [0.3, 0.4) is 0 Å². The van der Waals surface area contributed by atoms with Gasteiger partial charge >= 0.3 is 0 Å². The number of carbonyl (C=O) groups is 1. The number of likely N-dealkylation sites (tertiary alicyclic amines) is 1. The minimum Gasteiger partial charge on any atom is -0.316 e. The molecule has 0 N–H and O–H groups in total. The Morgan fingerprint density at radius 2 is 1.33 bits per heavy atom. The van der Waals surface area contributed by atoms with Crippen molar-refractivity contribution in [2.75, 3.05) is 26.2 Å². The van der Waals surface area contributed by atoms with E-state index in [1.54, 1.807) is 6.92 Å². The van der Waals surface area contributed by atoms with Crippen molar-refractivity contribution >= 4 is 5.91 Å². The van der Waals surface area contributed by atoms with Crippen molar-refractivity contribution in [2.24, 2.45) is 0 Å². The molecule has 0 aromatic heterocycles. The Bertz CT molecular complexity index is 293. The second-order valence-electron chi connectivity index (χ2n) is 5.86. The molecule has 1 saturated heterocycles. The van der Waals surface area contributed by atoms with Crippen molar-refractivity contribution in [3.63, 3.8) is 0 Å². The molecular weight excluding hydrogens is 332 g/mol. The van der Waals surface area contributed by atoms with E-state index < -0.39 is 0 Å². The fourth-order valence-corrected chi connectivity index (χ4v) is 2.52. The minimum absolute atomic E-state index is 0.146. The molecule has 0 aromatic rings. The van der Waals surface area contributed by atoms with Gasteiger partial charge in [-0.05, 0) is 39.8 Å². The minimum atomic E-state index is 0.146. The Morgan fingerprint density at radius 3 is 1.63 bits per heavy atom. The first-order valence-electron chi connectivity index (χ1n) is 11.7. The molecule has 166 valence electrons. The highest BCUT2D eigenvalue weighted by Gasteiger charge is 2.14. The molecule has 0 bridgehead atoms. The molecule has 0 aliphatic carbocycles. The average Bonchev–Trinajstić information content (AvgIpc) is 2.74. The molecule has 1 rings (SSSR count). The molecule has 27 heavy (non-hydrogen) atoms. The van der Waals surface area contributed by atoms with Crippen molar-refractivity contribution in [2.45, 2.75) is 115 Å². The molecule has 1 fully saturated rings. The summed E-state index contributed by atoms with van der Waals surface area (Å²) in [7, 11) is 0. The number of unbranched alkanes of at least 4 members (excludes halogenated alkanes) is 2. The van der Waals surface area contributed by atoms with E-state index in [9.17, 15) is 4.79 Å². The van der Waals surface area contributed by atoms with Crippen LogP contribution in [0.5, 0.6) is 0 Å². The van der Waals surface area contributed by atoms with E-state index in [1.165, 1.54) is 51.6 Å². The van der Waals surface area contributed by atoms with Crippen LogP contribution >= 0.6 is 0 Å². The number of hydrogen-bond acceptors (Lipinski definition) is 2. The lowest BCUT2D eigenvalue weighted by atomic mass is 10.1. The summed E-state index contributed by atoms with van der Waals surface area (Å²) in [4.78, 5) is 15.8. The van der Waals surface area contributed by atoms with E-state index in [-0.39, 0.29) is 5.91 Å². The summed E-state index contributed by atoms with van der Waals surface area (Å²) in [6.07, 6.45) is 10.1. The van der Waals surface area contributed by atoms with E-state index in [0.717, 1.165) is 18.8 Å².